The summed E-state index contributed by atoms with van der Waals surface area (Å²) in [6.45, 7) is 2.48. The van der Waals surface area contributed by atoms with Crippen molar-refractivity contribution in [1.82, 2.24) is 5.32 Å². The van der Waals surface area contributed by atoms with Crippen molar-refractivity contribution in [3.05, 3.63) is 38.3 Å². The Bertz CT molecular complexity index is 384. The van der Waals surface area contributed by atoms with Crippen LogP contribution in [0.1, 0.15) is 12.5 Å². The molecule has 0 amide bonds. The molecule has 1 aromatic carbocycles. The topological polar surface area (TPSA) is 75.4 Å². The first-order valence-corrected chi connectivity index (χ1v) is 5.61. The van der Waals surface area contributed by atoms with E-state index in [0.29, 0.717) is 11.0 Å². The predicted octanol–water partition coefficient (Wildman–Crippen LogP) is 1.83. The summed E-state index contributed by atoms with van der Waals surface area (Å²) in [6.07, 6.45) is 0. The molecule has 0 radical (unpaired) electrons. The highest BCUT2D eigenvalue weighted by atomic mass is 79.9. The summed E-state index contributed by atoms with van der Waals surface area (Å²) in [5.74, 6) is 0. The quantitative estimate of drug-likeness (QED) is 0.640. The molecule has 0 saturated carbocycles. The van der Waals surface area contributed by atoms with Gasteiger partial charge in [0, 0.05) is 29.2 Å². The lowest BCUT2D eigenvalue weighted by atomic mass is 10.2. The smallest absolute Gasteiger partial charge is 0.270 e. The molecular weight excluding hydrogens is 276 g/mol. The number of nitrogens with one attached hydrogen (secondary N) is 1. The van der Waals surface area contributed by atoms with Crippen molar-refractivity contribution in [3.8, 4) is 0 Å². The van der Waals surface area contributed by atoms with Crippen LogP contribution in [0.15, 0.2) is 22.7 Å². The second-order valence-corrected chi connectivity index (χ2v) is 4.35. The Morgan fingerprint density at radius 2 is 2.31 bits per heavy atom. The Labute approximate surface area is 102 Å². The first-order valence-electron chi connectivity index (χ1n) is 4.81. The lowest BCUT2D eigenvalue weighted by Crippen LogP contribution is -2.28. The number of aliphatic hydroxyl groups is 1. The Morgan fingerprint density at radius 1 is 1.62 bits per heavy atom. The van der Waals surface area contributed by atoms with Crippen LogP contribution in [-0.2, 0) is 6.54 Å². The highest BCUT2D eigenvalue weighted by Crippen LogP contribution is 2.22. The summed E-state index contributed by atoms with van der Waals surface area (Å²) in [7, 11) is 0. The molecule has 0 aliphatic rings. The zero-order chi connectivity index (χ0) is 12.1. The SMILES string of the molecule is CC(CO)NCc1ccc([N+](=O)[O-])cc1Br. The van der Waals surface area contributed by atoms with Crippen LogP contribution >= 0.6 is 15.9 Å². The van der Waals surface area contributed by atoms with E-state index in [9.17, 15) is 10.1 Å². The Hall–Kier alpha value is -0.980. The second kappa shape index (κ2) is 5.93. The molecule has 0 aromatic heterocycles. The molecule has 1 aromatic rings. The number of non-ortho nitro benzene ring substituents is 1. The highest BCUT2D eigenvalue weighted by Gasteiger charge is 2.09. The maximum atomic E-state index is 10.5. The fourth-order valence-electron chi connectivity index (χ4n) is 1.14. The number of halogens is 1. The molecule has 0 spiro atoms. The van der Waals surface area contributed by atoms with Gasteiger partial charge in [-0.25, -0.2) is 0 Å². The number of hydrogen-bond donors (Lipinski definition) is 2. The van der Waals surface area contributed by atoms with Crippen molar-refractivity contribution in [2.24, 2.45) is 0 Å². The largest absolute Gasteiger partial charge is 0.395 e. The monoisotopic (exact) mass is 288 g/mol. The minimum Gasteiger partial charge on any atom is -0.395 e. The number of nitrogens with zero attached hydrogens (tertiary/aromatic N) is 1. The van der Waals surface area contributed by atoms with Gasteiger partial charge in [-0.1, -0.05) is 15.9 Å². The van der Waals surface area contributed by atoms with Gasteiger partial charge >= 0.3 is 0 Å². The highest BCUT2D eigenvalue weighted by molar-refractivity contribution is 9.10. The van der Waals surface area contributed by atoms with Crippen LogP contribution in [0, 0.1) is 10.1 Å². The minimum atomic E-state index is -0.432. The molecular formula is C10H13BrN2O3. The van der Waals surface area contributed by atoms with E-state index in [2.05, 4.69) is 21.2 Å². The molecule has 6 heteroatoms. The van der Waals surface area contributed by atoms with Crippen LogP contribution in [0.5, 0.6) is 0 Å². The summed E-state index contributed by atoms with van der Waals surface area (Å²) < 4.78 is 0.694. The third-order valence-electron chi connectivity index (χ3n) is 2.16. The van der Waals surface area contributed by atoms with Crippen LogP contribution in [0.3, 0.4) is 0 Å². The van der Waals surface area contributed by atoms with E-state index in [0.717, 1.165) is 5.56 Å². The van der Waals surface area contributed by atoms with Crippen molar-refractivity contribution >= 4 is 21.6 Å². The number of nitro benzene ring substituents is 1. The maximum absolute atomic E-state index is 10.5. The molecule has 2 N–H and O–H groups in total. The molecule has 16 heavy (non-hydrogen) atoms. The summed E-state index contributed by atoms with van der Waals surface area (Å²) >= 11 is 3.28. The molecule has 88 valence electrons. The summed E-state index contributed by atoms with van der Waals surface area (Å²) in [5, 5.41) is 22.4. The van der Waals surface area contributed by atoms with E-state index in [-0.39, 0.29) is 18.3 Å². The van der Waals surface area contributed by atoms with Gasteiger partial charge in [0.25, 0.3) is 5.69 Å². The molecule has 1 atom stereocenters. The predicted molar refractivity (Wildman–Crippen MR) is 64.2 cm³/mol. The van der Waals surface area contributed by atoms with Gasteiger partial charge in [-0.3, -0.25) is 10.1 Å². The summed E-state index contributed by atoms with van der Waals surface area (Å²) in [5.41, 5.74) is 0.983. The van der Waals surface area contributed by atoms with Crippen molar-refractivity contribution < 1.29 is 10.0 Å². The van der Waals surface area contributed by atoms with E-state index < -0.39 is 4.92 Å². The first-order chi connectivity index (χ1) is 7.54. The Morgan fingerprint density at radius 3 is 2.81 bits per heavy atom. The number of benzene rings is 1. The average molecular weight is 289 g/mol. The van der Waals surface area contributed by atoms with Gasteiger partial charge in [0.2, 0.25) is 0 Å². The summed E-state index contributed by atoms with van der Waals surface area (Å²) in [4.78, 5) is 10.1. The van der Waals surface area contributed by atoms with Gasteiger partial charge in [0.1, 0.15) is 0 Å². The van der Waals surface area contributed by atoms with E-state index in [1.165, 1.54) is 12.1 Å². The first kappa shape index (κ1) is 13.1. The average Bonchev–Trinajstić information content (AvgIpc) is 2.26. The van der Waals surface area contributed by atoms with Crippen LogP contribution in [0.4, 0.5) is 5.69 Å². The van der Waals surface area contributed by atoms with Gasteiger partial charge < -0.3 is 10.4 Å². The summed E-state index contributed by atoms with van der Waals surface area (Å²) in [6, 6.07) is 4.63. The van der Waals surface area contributed by atoms with E-state index >= 15 is 0 Å². The Kier molecular flexibility index (Phi) is 4.85. The Balaban J connectivity index is 2.72. The van der Waals surface area contributed by atoms with Gasteiger partial charge in [0.15, 0.2) is 0 Å². The van der Waals surface area contributed by atoms with E-state index in [1.807, 2.05) is 6.92 Å². The van der Waals surface area contributed by atoms with Gasteiger partial charge in [0.05, 0.1) is 11.5 Å². The van der Waals surface area contributed by atoms with E-state index in [4.69, 9.17) is 5.11 Å². The normalized spacial score (nSPS) is 12.4. The lowest BCUT2D eigenvalue weighted by molar-refractivity contribution is -0.384. The molecule has 0 bridgehead atoms. The van der Waals surface area contributed by atoms with Gasteiger partial charge in [-0.2, -0.15) is 0 Å². The van der Waals surface area contributed by atoms with Crippen molar-refractivity contribution in [2.75, 3.05) is 6.61 Å². The van der Waals surface area contributed by atoms with Crippen molar-refractivity contribution in [3.63, 3.8) is 0 Å². The lowest BCUT2D eigenvalue weighted by Gasteiger charge is -2.11. The standard InChI is InChI=1S/C10H13BrN2O3/c1-7(6-14)12-5-8-2-3-9(13(15)16)4-10(8)11/h2-4,7,12,14H,5-6H2,1H3. The molecule has 5 nitrogen and oxygen atoms in total. The number of aliphatic hydroxyl groups excluding tert-OH is 1. The molecule has 0 saturated heterocycles. The molecule has 0 fully saturated rings. The van der Waals surface area contributed by atoms with Crippen molar-refractivity contribution in [2.45, 2.75) is 19.5 Å². The maximum Gasteiger partial charge on any atom is 0.270 e. The van der Waals surface area contributed by atoms with Crippen LogP contribution in [-0.4, -0.2) is 22.7 Å². The molecule has 0 aliphatic carbocycles. The van der Waals surface area contributed by atoms with Gasteiger partial charge in [-0.15, -0.1) is 0 Å². The number of rotatable bonds is 5. The third kappa shape index (κ3) is 3.55. The van der Waals surface area contributed by atoms with Crippen molar-refractivity contribution in [1.29, 1.82) is 0 Å². The second-order valence-electron chi connectivity index (χ2n) is 3.50. The third-order valence-corrected chi connectivity index (χ3v) is 2.90. The molecule has 1 rings (SSSR count). The van der Waals surface area contributed by atoms with Crippen LogP contribution in [0.2, 0.25) is 0 Å². The van der Waals surface area contributed by atoms with Gasteiger partial charge in [-0.05, 0) is 18.6 Å². The molecule has 0 heterocycles. The fourth-order valence-corrected chi connectivity index (χ4v) is 1.65. The molecule has 1 unspecified atom stereocenters. The fraction of sp³-hybridized carbons (Fsp3) is 0.400. The van der Waals surface area contributed by atoms with Crippen LogP contribution in [0.25, 0.3) is 0 Å². The van der Waals surface area contributed by atoms with E-state index in [1.54, 1.807) is 6.07 Å². The minimum absolute atomic E-state index is 0.00194. The number of nitro groups is 1. The molecule has 0 aliphatic heterocycles. The zero-order valence-corrected chi connectivity index (χ0v) is 10.4. The van der Waals surface area contributed by atoms with Crippen LogP contribution < -0.4 is 5.32 Å². The number of hydrogen-bond acceptors (Lipinski definition) is 4. The zero-order valence-electron chi connectivity index (χ0n) is 8.81.